The minimum Gasteiger partial charge on any atom is -0.378 e. The number of carbonyl (C=O) groups excluding carboxylic acids is 1. The molecule has 7 heteroatoms. The number of thioether (sulfide) groups is 1. The van der Waals surface area contributed by atoms with Gasteiger partial charge in [-0.3, -0.25) is 14.9 Å². The van der Waals surface area contributed by atoms with E-state index in [1.54, 1.807) is 19.1 Å². The van der Waals surface area contributed by atoms with E-state index in [0.29, 0.717) is 10.5 Å². The summed E-state index contributed by atoms with van der Waals surface area (Å²) in [6.07, 6.45) is 0.811. The summed E-state index contributed by atoms with van der Waals surface area (Å²) in [5.41, 5.74) is 4.03. The molecular formula is C26H23ClN2O3S. The Morgan fingerprint density at radius 2 is 1.82 bits per heavy atom. The summed E-state index contributed by atoms with van der Waals surface area (Å²) in [7, 11) is 0. The number of ketones is 1. The Labute approximate surface area is 201 Å². The number of rotatable bonds is 5. The molecule has 1 fully saturated rings. The third-order valence-corrected chi connectivity index (χ3v) is 8.83. The second-order valence-corrected chi connectivity index (χ2v) is 10.4. The molecule has 33 heavy (non-hydrogen) atoms. The van der Waals surface area contributed by atoms with E-state index in [1.807, 2.05) is 42.5 Å². The van der Waals surface area contributed by atoms with Crippen LogP contribution >= 0.6 is 23.4 Å². The zero-order valence-electron chi connectivity index (χ0n) is 18.0. The Kier molecular flexibility index (Phi) is 5.89. The standard InChI is InChI=1S/C26H23ClN2O3S/c1-15(30)17-11-12-20-18(13-17)24-19(26(28-20)16-7-3-2-4-8-16)14-23(25(24)27)33-22-10-6-5-9-21(22)29(31)32/h2-13,19,23-26,28H,14H2,1H3/t19-,23+,24-,25+,26+/m0/s1. The lowest BCUT2D eigenvalue weighted by atomic mass is 9.76. The number of nitro benzene ring substituents is 1. The van der Waals surface area contributed by atoms with Gasteiger partial charge in [0.05, 0.1) is 21.2 Å². The monoisotopic (exact) mass is 478 g/mol. The molecule has 0 amide bonds. The van der Waals surface area contributed by atoms with E-state index in [1.165, 1.54) is 23.4 Å². The van der Waals surface area contributed by atoms with E-state index < -0.39 is 0 Å². The van der Waals surface area contributed by atoms with Crippen LogP contribution in [0.15, 0.2) is 77.7 Å². The number of halogens is 1. The van der Waals surface area contributed by atoms with Gasteiger partial charge in [0.25, 0.3) is 5.69 Å². The van der Waals surface area contributed by atoms with Crippen LogP contribution in [0.1, 0.15) is 46.8 Å². The molecule has 5 atom stereocenters. The van der Waals surface area contributed by atoms with Crippen LogP contribution in [-0.2, 0) is 0 Å². The predicted octanol–water partition coefficient (Wildman–Crippen LogP) is 6.84. The van der Waals surface area contributed by atoms with Crippen molar-refractivity contribution in [1.29, 1.82) is 0 Å². The molecule has 0 aromatic heterocycles. The first kappa shape index (κ1) is 22.0. The molecule has 5 rings (SSSR count). The summed E-state index contributed by atoms with van der Waals surface area (Å²) < 4.78 is 0. The van der Waals surface area contributed by atoms with Crippen molar-refractivity contribution in [3.63, 3.8) is 0 Å². The van der Waals surface area contributed by atoms with Crippen molar-refractivity contribution >= 4 is 40.5 Å². The van der Waals surface area contributed by atoms with Gasteiger partial charge >= 0.3 is 0 Å². The number of benzene rings is 3. The lowest BCUT2D eigenvalue weighted by Gasteiger charge is -2.38. The number of para-hydroxylation sites is 1. The van der Waals surface area contributed by atoms with Crippen molar-refractivity contribution in [1.82, 2.24) is 0 Å². The summed E-state index contributed by atoms with van der Waals surface area (Å²) in [5, 5.41) is 15.0. The van der Waals surface area contributed by atoms with E-state index in [-0.39, 0.29) is 44.9 Å². The lowest BCUT2D eigenvalue weighted by molar-refractivity contribution is -0.387. The van der Waals surface area contributed by atoms with Gasteiger partial charge in [0.1, 0.15) is 0 Å². The molecular weight excluding hydrogens is 456 g/mol. The molecule has 0 bridgehead atoms. The molecule has 3 aromatic carbocycles. The van der Waals surface area contributed by atoms with Crippen LogP contribution in [0.3, 0.4) is 0 Å². The molecule has 1 saturated carbocycles. The predicted molar refractivity (Wildman–Crippen MR) is 132 cm³/mol. The van der Waals surface area contributed by atoms with Gasteiger partial charge in [0.15, 0.2) is 5.78 Å². The van der Waals surface area contributed by atoms with E-state index in [9.17, 15) is 14.9 Å². The highest BCUT2D eigenvalue weighted by Gasteiger charge is 2.50. The Balaban J connectivity index is 1.55. The number of hydrogen-bond acceptors (Lipinski definition) is 5. The topological polar surface area (TPSA) is 72.2 Å². The van der Waals surface area contributed by atoms with Crippen molar-refractivity contribution < 1.29 is 9.72 Å². The SMILES string of the molecule is CC(=O)c1ccc2c(c1)[C@@H]1[C@H](Cl)[C@H](Sc3ccccc3[N+](=O)[O-])C[C@@H]1[C@@H](c1ccccc1)N2. The first-order chi connectivity index (χ1) is 15.9. The van der Waals surface area contributed by atoms with Gasteiger partial charge in [-0.15, -0.1) is 23.4 Å². The molecule has 1 N–H and O–H groups in total. The van der Waals surface area contributed by atoms with Crippen molar-refractivity contribution in [2.24, 2.45) is 5.92 Å². The van der Waals surface area contributed by atoms with Gasteiger partial charge in [-0.25, -0.2) is 0 Å². The highest BCUT2D eigenvalue weighted by atomic mass is 35.5. The van der Waals surface area contributed by atoms with E-state index in [4.69, 9.17) is 11.6 Å². The first-order valence-electron chi connectivity index (χ1n) is 10.9. The first-order valence-corrected chi connectivity index (χ1v) is 12.3. The summed E-state index contributed by atoms with van der Waals surface area (Å²) >= 11 is 8.64. The van der Waals surface area contributed by atoms with E-state index >= 15 is 0 Å². The van der Waals surface area contributed by atoms with Crippen LogP contribution < -0.4 is 5.32 Å². The number of Topliss-reactive ketones (excluding diaryl/α,β-unsaturated/α-hetero) is 1. The number of alkyl halides is 1. The number of nitrogens with one attached hydrogen (secondary N) is 1. The molecule has 1 aliphatic heterocycles. The molecule has 0 unspecified atom stereocenters. The molecule has 1 heterocycles. The minimum atomic E-state index is -0.337. The van der Waals surface area contributed by atoms with Gasteiger partial charge < -0.3 is 5.32 Å². The maximum atomic E-state index is 12.1. The molecule has 0 spiro atoms. The van der Waals surface area contributed by atoms with Gasteiger partial charge in [-0.1, -0.05) is 42.5 Å². The van der Waals surface area contributed by atoms with Crippen molar-refractivity contribution in [3.8, 4) is 0 Å². The fourth-order valence-corrected chi connectivity index (χ4v) is 7.14. The fraction of sp³-hybridized carbons (Fsp3) is 0.269. The molecule has 5 nitrogen and oxygen atoms in total. The molecule has 168 valence electrons. The molecule has 1 aliphatic carbocycles. The summed E-state index contributed by atoms with van der Waals surface area (Å²) in [4.78, 5) is 23.9. The zero-order valence-corrected chi connectivity index (χ0v) is 19.6. The van der Waals surface area contributed by atoms with Gasteiger partial charge in [-0.05, 0) is 54.7 Å². The molecule has 2 aliphatic rings. The van der Waals surface area contributed by atoms with E-state index in [2.05, 4.69) is 17.4 Å². The minimum absolute atomic E-state index is 0.00251. The number of carbonyl (C=O) groups is 1. The maximum absolute atomic E-state index is 12.1. The van der Waals surface area contributed by atoms with E-state index in [0.717, 1.165) is 17.7 Å². The average Bonchev–Trinajstić information content (AvgIpc) is 3.15. The largest absolute Gasteiger partial charge is 0.378 e. The summed E-state index contributed by atoms with van der Waals surface area (Å²) in [5.74, 6) is 0.257. The number of hydrogen-bond donors (Lipinski definition) is 1. The molecule has 0 saturated heterocycles. The van der Waals surface area contributed by atoms with Crippen LogP contribution in [0.5, 0.6) is 0 Å². The normalized spacial score (nSPS) is 25.6. The average molecular weight is 479 g/mol. The van der Waals surface area contributed by atoms with Gasteiger partial charge in [0.2, 0.25) is 0 Å². The second kappa shape index (κ2) is 8.84. The molecule has 0 radical (unpaired) electrons. The Hall–Kier alpha value is -2.83. The lowest BCUT2D eigenvalue weighted by Crippen LogP contribution is -2.31. The van der Waals surface area contributed by atoms with Crippen molar-refractivity contribution in [2.45, 2.75) is 40.8 Å². The Bertz CT molecular complexity index is 1220. The third kappa shape index (κ3) is 4.02. The van der Waals surface area contributed by atoms with Crippen LogP contribution in [0.4, 0.5) is 11.4 Å². The Morgan fingerprint density at radius 1 is 1.09 bits per heavy atom. The number of nitro groups is 1. The van der Waals surface area contributed by atoms with Gasteiger partial charge in [0, 0.05) is 28.5 Å². The summed E-state index contributed by atoms with van der Waals surface area (Å²) in [6.45, 7) is 1.57. The zero-order chi connectivity index (χ0) is 23.1. The van der Waals surface area contributed by atoms with Crippen molar-refractivity contribution in [2.75, 3.05) is 5.32 Å². The summed E-state index contributed by atoms with van der Waals surface area (Å²) in [6, 6.07) is 23.0. The van der Waals surface area contributed by atoms with Crippen LogP contribution in [-0.4, -0.2) is 21.3 Å². The van der Waals surface area contributed by atoms with Crippen LogP contribution in [0.25, 0.3) is 0 Å². The highest BCUT2D eigenvalue weighted by molar-refractivity contribution is 8.00. The van der Waals surface area contributed by atoms with Crippen LogP contribution in [0, 0.1) is 16.0 Å². The maximum Gasteiger partial charge on any atom is 0.282 e. The molecule has 3 aromatic rings. The highest BCUT2D eigenvalue weighted by Crippen LogP contribution is 2.58. The van der Waals surface area contributed by atoms with Crippen LogP contribution in [0.2, 0.25) is 0 Å². The second-order valence-electron chi connectivity index (χ2n) is 8.64. The quantitative estimate of drug-likeness (QED) is 0.188. The number of fused-ring (bicyclic) bond motifs is 3. The fourth-order valence-electron chi connectivity index (χ4n) is 5.20. The number of anilines is 1. The third-order valence-electron chi connectivity index (χ3n) is 6.72. The van der Waals surface area contributed by atoms with Crippen molar-refractivity contribution in [3.05, 3.63) is 99.6 Å². The smallest absolute Gasteiger partial charge is 0.282 e. The number of nitrogens with zero attached hydrogens (tertiary/aromatic N) is 1. The Morgan fingerprint density at radius 3 is 2.55 bits per heavy atom. The van der Waals surface area contributed by atoms with Gasteiger partial charge in [-0.2, -0.15) is 0 Å².